The minimum absolute atomic E-state index is 0.355. The highest BCUT2D eigenvalue weighted by Gasteiger charge is 2.37. The molecule has 0 unspecified atom stereocenters. The largest absolute Gasteiger partial charge is 0.467 e. The van der Waals surface area contributed by atoms with Crippen LogP contribution in [0, 0.1) is 0 Å². The van der Waals surface area contributed by atoms with Gasteiger partial charge in [0.2, 0.25) is 0 Å². The molecule has 0 saturated heterocycles. The van der Waals surface area contributed by atoms with Gasteiger partial charge in [-0.2, -0.15) is 0 Å². The number of nitrogens with one attached hydrogen (secondary N) is 1. The van der Waals surface area contributed by atoms with Gasteiger partial charge in [0.1, 0.15) is 0 Å². The van der Waals surface area contributed by atoms with Crippen LogP contribution in [0.1, 0.15) is 18.2 Å². The quantitative estimate of drug-likeness (QED) is 0.847. The van der Waals surface area contributed by atoms with E-state index in [1.807, 2.05) is 48.5 Å². The highest BCUT2D eigenvalue weighted by Crippen LogP contribution is 2.20. The van der Waals surface area contributed by atoms with Crippen LogP contribution in [0.25, 0.3) is 0 Å². The van der Waals surface area contributed by atoms with E-state index in [9.17, 15) is 4.79 Å². The predicted octanol–water partition coefficient (Wildman–Crippen LogP) is 2.26. The molecule has 104 valence electrons. The first-order chi connectivity index (χ1) is 9.66. The summed E-state index contributed by atoms with van der Waals surface area (Å²) in [4.78, 5) is 16.4. The van der Waals surface area contributed by atoms with E-state index in [0.29, 0.717) is 12.2 Å². The monoisotopic (exact) mass is 270 g/mol. The Morgan fingerprint density at radius 1 is 1.20 bits per heavy atom. The van der Waals surface area contributed by atoms with Gasteiger partial charge < -0.3 is 4.74 Å². The van der Waals surface area contributed by atoms with Gasteiger partial charge in [0.25, 0.3) is 0 Å². The fraction of sp³-hybridized carbons (Fsp3) is 0.250. The molecular formula is C16H18N2O2. The first-order valence-corrected chi connectivity index (χ1v) is 6.45. The maximum absolute atomic E-state index is 12.1. The molecule has 0 aliphatic heterocycles. The molecule has 4 heteroatoms. The minimum Gasteiger partial charge on any atom is -0.467 e. The van der Waals surface area contributed by atoms with Crippen molar-refractivity contribution in [2.75, 3.05) is 7.11 Å². The second-order valence-corrected chi connectivity index (χ2v) is 4.67. The molecule has 0 fully saturated rings. The third-order valence-electron chi connectivity index (χ3n) is 3.26. The fourth-order valence-corrected chi connectivity index (χ4v) is 2.00. The third-order valence-corrected chi connectivity index (χ3v) is 3.26. The van der Waals surface area contributed by atoms with Crippen LogP contribution in [0.5, 0.6) is 0 Å². The number of hydrogen-bond acceptors (Lipinski definition) is 4. The number of rotatable bonds is 5. The summed E-state index contributed by atoms with van der Waals surface area (Å²) < 4.78 is 4.92. The maximum atomic E-state index is 12.1. The SMILES string of the molecule is COC(=O)[C@](C)(NCc1ccccc1)c1ccccn1. The molecule has 0 spiro atoms. The number of pyridine rings is 1. The van der Waals surface area contributed by atoms with Crippen molar-refractivity contribution in [2.24, 2.45) is 0 Å². The van der Waals surface area contributed by atoms with Gasteiger partial charge in [-0.15, -0.1) is 0 Å². The predicted molar refractivity (Wildman–Crippen MR) is 76.9 cm³/mol. The van der Waals surface area contributed by atoms with Gasteiger partial charge >= 0.3 is 5.97 Å². The smallest absolute Gasteiger partial charge is 0.332 e. The zero-order valence-corrected chi connectivity index (χ0v) is 11.7. The highest BCUT2D eigenvalue weighted by atomic mass is 16.5. The van der Waals surface area contributed by atoms with Crippen LogP contribution in [-0.2, 0) is 21.6 Å². The molecule has 1 atom stereocenters. The van der Waals surface area contributed by atoms with Crippen LogP contribution in [0.4, 0.5) is 0 Å². The Labute approximate surface area is 118 Å². The number of hydrogen-bond donors (Lipinski definition) is 1. The number of carbonyl (C=O) groups is 1. The Bertz CT molecular complexity index is 557. The lowest BCUT2D eigenvalue weighted by molar-refractivity contribution is -0.148. The first kappa shape index (κ1) is 14.2. The Morgan fingerprint density at radius 2 is 1.90 bits per heavy atom. The van der Waals surface area contributed by atoms with E-state index < -0.39 is 5.54 Å². The van der Waals surface area contributed by atoms with Gasteiger partial charge in [0.05, 0.1) is 12.8 Å². The van der Waals surface area contributed by atoms with Crippen molar-refractivity contribution in [2.45, 2.75) is 19.0 Å². The molecule has 4 nitrogen and oxygen atoms in total. The lowest BCUT2D eigenvalue weighted by atomic mass is 9.96. The molecule has 1 heterocycles. The normalized spacial score (nSPS) is 13.5. The lowest BCUT2D eigenvalue weighted by Gasteiger charge is -2.27. The van der Waals surface area contributed by atoms with E-state index in [4.69, 9.17) is 4.74 Å². The fourth-order valence-electron chi connectivity index (χ4n) is 2.00. The molecule has 1 aromatic carbocycles. The zero-order valence-electron chi connectivity index (χ0n) is 11.7. The number of nitrogens with zero attached hydrogens (tertiary/aromatic N) is 1. The number of esters is 1. The van der Waals surface area contributed by atoms with Gasteiger partial charge in [-0.1, -0.05) is 36.4 Å². The summed E-state index contributed by atoms with van der Waals surface area (Å²) >= 11 is 0. The molecule has 0 amide bonds. The van der Waals surface area contributed by atoms with E-state index in [1.54, 1.807) is 13.1 Å². The molecule has 0 aliphatic carbocycles. The Hall–Kier alpha value is -2.20. The van der Waals surface area contributed by atoms with Crippen LogP contribution in [-0.4, -0.2) is 18.1 Å². The number of benzene rings is 1. The van der Waals surface area contributed by atoms with Crippen LogP contribution >= 0.6 is 0 Å². The van der Waals surface area contributed by atoms with Crippen LogP contribution < -0.4 is 5.32 Å². The first-order valence-electron chi connectivity index (χ1n) is 6.45. The average molecular weight is 270 g/mol. The van der Waals surface area contributed by atoms with Crippen molar-refractivity contribution >= 4 is 5.97 Å². The van der Waals surface area contributed by atoms with Crippen LogP contribution in [0.15, 0.2) is 54.7 Å². The van der Waals surface area contributed by atoms with Crippen molar-refractivity contribution in [1.29, 1.82) is 0 Å². The van der Waals surface area contributed by atoms with Gasteiger partial charge in [-0.25, -0.2) is 4.79 Å². The standard InChI is InChI=1S/C16H18N2O2/c1-16(15(19)20-2,14-10-6-7-11-17-14)18-12-13-8-4-3-5-9-13/h3-11,18H,12H2,1-2H3/t16-/m1/s1. The molecule has 2 rings (SSSR count). The van der Waals surface area contributed by atoms with E-state index in [0.717, 1.165) is 5.56 Å². The van der Waals surface area contributed by atoms with Crippen molar-refractivity contribution < 1.29 is 9.53 Å². The zero-order chi connectivity index (χ0) is 14.4. The van der Waals surface area contributed by atoms with Gasteiger partial charge in [0.15, 0.2) is 5.54 Å². The maximum Gasteiger partial charge on any atom is 0.332 e. The van der Waals surface area contributed by atoms with Crippen molar-refractivity contribution in [3.05, 3.63) is 66.0 Å². The van der Waals surface area contributed by atoms with Crippen LogP contribution in [0.3, 0.4) is 0 Å². The molecule has 0 radical (unpaired) electrons. The average Bonchev–Trinajstić information content (AvgIpc) is 2.53. The van der Waals surface area contributed by atoms with Gasteiger partial charge in [0, 0.05) is 12.7 Å². The summed E-state index contributed by atoms with van der Waals surface area (Å²) in [6.07, 6.45) is 1.67. The molecule has 2 aromatic rings. The van der Waals surface area contributed by atoms with E-state index in [-0.39, 0.29) is 5.97 Å². The van der Waals surface area contributed by atoms with Gasteiger partial charge in [-0.3, -0.25) is 10.3 Å². The second-order valence-electron chi connectivity index (χ2n) is 4.67. The molecular weight excluding hydrogens is 252 g/mol. The van der Waals surface area contributed by atoms with Crippen molar-refractivity contribution in [3.8, 4) is 0 Å². The number of ether oxygens (including phenoxy) is 1. The summed E-state index contributed by atoms with van der Waals surface area (Å²) in [6, 6.07) is 15.4. The Balaban J connectivity index is 2.22. The molecule has 1 N–H and O–H groups in total. The minimum atomic E-state index is -0.966. The number of aromatic nitrogens is 1. The molecule has 1 aromatic heterocycles. The summed E-state index contributed by atoms with van der Waals surface area (Å²) in [5, 5.41) is 3.24. The molecule has 0 bridgehead atoms. The molecule has 20 heavy (non-hydrogen) atoms. The second kappa shape index (κ2) is 6.30. The highest BCUT2D eigenvalue weighted by molar-refractivity contribution is 5.81. The summed E-state index contributed by atoms with van der Waals surface area (Å²) in [7, 11) is 1.38. The van der Waals surface area contributed by atoms with Gasteiger partial charge in [-0.05, 0) is 24.6 Å². The lowest BCUT2D eigenvalue weighted by Crippen LogP contribution is -2.47. The summed E-state index contributed by atoms with van der Waals surface area (Å²) in [5.74, 6) is -0.355. The van der Waals surface area contributed by atoms with E-state index in [1.165, 1.54) is 7.11 Å². The topological polar surface area (TPSA) is 51.2 Å². The summed E-state index contributed by atoms with van der Waals surface area (Å²) in [6.45, 7) is 2.34. The Kier molecular flexibility index (Phi) is 4.48. The molecule has 0 saturated carbocycles. The Morgan fingerprint density at radius 3 is 2.50 bits per heavy atom. The number of carbonyl (C=O) groups excluding carboxylic acids is 1. The van der Waals surface area contributed by atoms with E-state index >= 15 is 0 Å². The molecule has 0 aliphatic rings. The number of methoxy groups -OCH3 is 1. The summed E-state index contributed by atoms with van der Waals surface area (Å²) in [5.41, 5.74) is 0.771. The van der Waals surface area contributed by atoms with Crippen molar-refractivity contribution in [3.63, 3.8) is 0 Å². The van der Waals surface area contributed by atoms with Crippen molar-refractivity contribution in [1.82, 2.24) is 10.3 Å². The third kappa shape index (κ3) is 3.03. The van der Waals surface area contributed by atoms with Crippen LogP contribution in [0.2, 0.25) is 0 Å². The van der Waals surface area contributed by atoms with E-state index in [2.05, 4.69) is 10.3 Å².